The molecule has 0 unspecified atom stereocenters. The van der Waals surface area contributed by atoms with Crippen LogP contribution in [0.2, 0.25) is 0 Å². The molecule has 0 fully saturated rings. The molecule has 5 nitrogen and oxygen atoms in total. The fourth-order valence-electron chi connectivity index (χ4n) is 3.62. The van der Waals surface area contributed by atoms with Gasteiger partial charge in [0, 0.05) is 0 Å². The van der Waals surface area contributed by atoms with Crippen LogP contribution in [0.15, 0.2) is 12.1 Å². The summed E-state index contributed by atoms with van der Waals surface area (Å²) in [6.07, 6.45) is 18.4. The Labute approximate surface area is 183 Å². The van der Waals surface area contributed by atoms with Gasteiger partial charge < -0.3 is 19.3 Å². The third-order valence-corrected chi connectivity index (χ3v) is 5.45. The number of rotatable bonds is 19. The van der Waals surface area contributed by atoms with Crippen molar-refractivity contribution in [2.45, 2.75) is 96.8 Å². The Morgan fingerprint density at radius 2 is 1.13 bits per heavy atom. The Bertz CT molecular complexity index is 560. The fraction of sp³-hybridized carbons (Fsp3) is 0.720. The molecule has 0 radical (unpaired) electrons. The standard InChI is InChI=1S/C25H42O5/c1-4-5-6-7-8-9-10-11-12-13-14-15-16-17-18-30-24-22(28-2)19-21(25(26)27)20-23(24)29-3/h19-20H,4-18H2,1-3H3,(H,26,27). The van der Waals surface area contributed by atoms with Crippen LogP contribution in [-0.4, -0.2) is 31.9 Å². The first-order chi connectivity index (χ1) is 14.6. The van der Waals surface area contributed by atoms with Crippen molar-refractivity contribution in [3.8, 4) is 17.2 Å². The number of unbranched alkanes of at least 4 members (excludes halogenated alkanes) is 13. The van der Waals surface area contributed by atoms with Crippen molar-refractivity contribution in [1.82, 2.24) is 0 Å². The molecular weight excluding hydrogens is 380 g/mol. The third-order valence-electron chi connectivity index (χ3n) is 5.45. The first-order valence-electron chi connectivity index (χ1n) is 11.8. The zero-order chi connectivity index (χ0) is 22.0. The maximum Gasteiger partial charge on any atom is 0.335 e. The molecule has 30 heavy (non-hydrogen) atoms. The summed E-state index contributed by atoms with van der Waals surface area (Å²) in [6, 6.07) is 2.93. The molecule has 1 aromatic carbocycles. The molecule has 1 rings (SSSR count). The van der Waals surface area contributed by atoms with E-state index in [-0.39, 0.29) is 5.56 Å². The molecule has 5 heteroatoms. The highest BCUT2D eigenvalue weighted by atomic mass is 16.5. The maximum atomic E-state index is 11.2. The van der Waals surface area contributed by atoms with E-state index in [9.17, 15) is 9.90 Å². The first-order valence-corrected chi connectivity index (χ1v) is 11.8. The van der Waals surface area contributed by atoms with Crippen molar-refractivity contribution in [2.24, 2.45) is 0 Å². The zero-order valence-electron chi connectivity index (χ0n) is 19.3. The van der Waals surface area contributed by atoms with Crippen molar-refractivity contribution in [1.29, 1.82) is 0 Å². The quantitative estimate of drug-likeness (QED) is 0.238. The van der Waals surface area contributed by atoms with E-state index >= 15 is 0 Å². The highest BCUT2D eigenvalue weighted by Gasteiger charge is 2.17. The third kappa shape index (κ3) is 10.7. The molecule has 0 amide bonds. The number of aromatic carboxylic acids is 1. The molecule has 172 valence electrons. The monoisotopic (exact) mass is 422 g/mol. The van der Waals surface area contributed by atoms with Gasteiger partial charge in [-0.2, -0.15) is 0 Å². The van der Waals surface area contributed by atoms with Crippen LogP contribution >= 0.6 is 0 Å². The van der Waals surface area contributed by atoms with Gasteiger partial charge in [0.2, 0.25) is 5.75 Å². The minimum atomic E-state index is -1.02. The van der Waals surface area contributed by atoms with Crippen molar-refractivity contribution >= 4 is 5.97 Å². The molecule has 0 aromatic heterocycles. The summed E-state index contributed by atoms with van der Waals surface area (Å²) in [5, 5.41) is 9.18. The Hall–Kier alpha value is -1.91. The van der Waals surface area contributed by atoms with Crippen molar-refractivity contribution in [3.05, 3.63) is 17.7 Å². The minimum Gasteiger partial charge on any atom is -0.493 e. The van der Waals surface area contributed by atoms with Crippen LogP contribution in [-0.2, 0) is 0 Å². The number of hydrogen-bond acceptors (Lipinski definition) is 4. The summed E-state index contributed by atoms with van der Waals surface area (Å²) in [5.41, 5.74) is 0.118. The zero-order valence-corrected chi connectivity index (χ0v) is 19.3. The summed E-state index contributed by atoms with van der Waals surface area (Å²) >= 11 is 0. The summed E-state index contributed by atoms with van der Waals surface area (Å²) in [4.78, 5) is 11.2. The van der Waals surface area contributed by atoms with Gasteiger partial charge in [-0.25, -0.2) is 4.79 Å². The lowest BCUT2D eigenvalue weighted by atomic mass is 10.0. The van der Waals surface area contributed by atoms with Crippen molar-refractivity contribution in [3.63, 3.8) is 0 Å². The second-order valence-electron chi connectivity index (χ2n) is 7.96. The molecule has 0 spiro atoms. The predicted octanol–water partition coefficient (Wildman–Crippen LogP) is 7.26. The molecular formula is C25H42O5. The van der Waals surface area contributed by atoms with Crippen LogP contribution < -0.4 is 14.2 Å². The first kappa shape index (κ1) is 26.1. The maximum absolute atomic E-state index is 11.2. The van der Waals surface area contributed by atoms with Gasteiger partial charge in [0.15, 0.2) is 11.5 Å². The molecule has 0 atom stereocenters. The molecule has 0 aliphatic heterocycles. The smallest absolute Gasteiger partial charge is 0.335 e. The van der Waals surface area contributed by atoms with Crippen LogP contribution in [0, 0.1) is 0 Å². The lowest BCUT2D eigenvalue weighted by Crippen LogP contribution is -2.04. The number of ether oxygens (including phenoxy) is 3. The molecule has 0 saturated heterocycles. The van der Waals surface area contributed by atoms with E-state index in [0.717, 1.165) is 12.8 Å². The largest absolute Gasteiger partial charge is 0.493 e. The van der Waals surface area contributed by atoms with Gasteiger partial charge in [-0.05, 0) is 18.6 Å². The Balaban J connectivity index is 2.11. The topological polar surface area (TPSA) is 65.0 Å². The SMILES string of the molecule is CCCCCCCCCCCCCCCCOc1c(OC)cc(C(=O)O)cc1OC. The van der Waals surface area contributed by atoms with Gasteiger partial charge in [-0.1, -0.05) is 90.4 Å². The summed E-state index contributed by atoms with van der Waals surface area (Å²) in [6.45, 7) is 2.83. The van der Waals surface area contributed by atoms with E-state index in [1.807, 2.05) is 0 Å². The van der Waals surface area contributed by atoms with Crippen LogP contribution in [0.1, 0.15) is 107 Å². The van der Waals surface area contributed by atoms with E-state index in [0.29, 0.717) is 23.9 Å². The predicted molar refractivity (Wildman–Crippen MR) is 122 cm³/mol. The van der Waals surface area contributed by atoms with Crippen LogP contribution in [0.3, 0.4) is 0 Å². The van der Waals surface area contributed by atoms with Gasteiger partial charge >= 0.3 is 5.97 Å². The average Bonchev–Trinajstić information content (AvgIpc) is 2.75. The lowest BCUT2D eigenvalue weighted by Gasteiger charge is -2.15. The normalized spacial score (nSPS) is 10.8. The highest BCUT2D eigenvalue weighted by Crippen LogP contribution is 2.38. The number of benzene rings is 1. The number of carboxylic acids is 1. The van der Waals surface area contributed by atoms with E-state index in [1.165, 1.54) is 103 Å². The Morgan fingerprint density at radius 1 is 0.733 bits per heavy atom. The van der Waals surface area contributed by atoms with Gasteiger partial charge in [0.1, 0.15) is 0 Å². The number of hydrogen-bond donors (Lipinski definition) is 1. The molecule has 0 saturated carbocycles. The number of carbonyl (C=O) groups is 1. The second kappa shape index (κ2) is 16.8. The Kier molecular flexibility index (Phi) is 14.7. The van der Waals surface area contributed by atoms with E-state index in [1.54, 1.807) is 0 Å². The molecule has 1 aromatic rings. The average molecular weight is 423 g/mol. The number of methoxy groups -OCH3 is 2. The molecule has 1 N–H and O–H groups in total. The minimum absolute atomic E-state index is 0.118. The van der Waals surface area contributed by atoms with Crippen LogP contribution in [0.25, 0.3) is 0 Å². The van der Waals surface area contributed by atoms with Crippen LogP contribution in [0.5, 0.6) is 17.2 Å². The highest BCUT2D eigenvalue weighted by molar-refractivity contribution is 5.89. The summed E-state index contributed by atoms with van der Waals surface area (Å²) in [5.74, 6) is 0.221. The van der Waals surface area contributed by atoms with Gasteiger partial charge in [0.25, 0.3) is 0 Å². The molecule has 0 aliphatic rings. The van der Waals surface area contributed by atoms with E-state index in [4.69, 9.17) is 14.2 Å². The van der Waals surface area contributed by atoms with E-state index < -0.39 is 5.97 Å². The summed E-state index contributed by atoms with van der Waals surface area (Å²) in [7, 11) is 3.00. The fourth-order valence-corrected chi connectivity index (χ4v) is 3.62. The Morgan fingerprint density at radius 3 is 1.50 bits per heavy atom. The van der Waals surface area contributed by atoms with Gasteiger partial charge in [-0.15, -0.1) is 0 Å². The summed E-state index contributed by atoms with van der Waals surface area (Å²) < 4.78 is 16.4. The molecule has 0 bridgehead atoms. The molecule has 0 heterocycles. The van der Waals surface area contributed by atoms with Crippen LogP contribution in [0.4, 0.5) is 0 Å². The van der Waals surface area contributed by atoms with Gasteiger partial charge in [0.05, 0.1) is 26.4 Å². The van der Waals surface area contributed by atoms with E-state index in [2.05, 4.69) is 6.92 Å². The number of carboxylic acid groups (broad SMARTS) is 1. The van der Waals surface area contributed by atoms with Crippen molar-refractivity contribution < 1.29 is 24.1 Å². The van der Waals surface area contributed by atoms with Crippen molar-refractivity contribution in [2.75, 3.05) is 20.8 Å². The van der Waals surface area contributed by atoms with Gasteiger partial charge in [-0.3, -0.25) is 0 Å². The molecule has 0 aliphatic carbocycles. The lowest BCUT2D eigenvalue weighted by molar-refractivity contribution is 0.0696. The second-order valence-corrected chi connectivity index (χ2v) is 7.96.